The lowest BCUT2D eigenvalue weighted by Gasteiger charge is -2.35. The quantitative estimate of drug-likeness (QED) is 0.423. The first-order valence-corrected chi connectivity index (χ1v) is 13.1. The fourth-order valence-electron chi connectivity index (χ4n) is 5.10. The Labute approximate surface area is 217 Å². The van der Waals surface area contributed by atoms with Gasteiger partial charge in [0.05, 0.1) is 11.8 Å². The molecule has 0 radical (unpaired) electrons. The van der Waals surface area contributed by atoms with Gasteiger partial charge in [-0.15, -0.1) is 0 Å². The Morgan fingerprint density at radius 3 is 2.24 bits per heavy atom. The van der Waals surface area contributed by atoms with Gasteiger partial charge in [-0.05, 0) is 68.8 Å². The van der Waals surface area contributed by atoms with E-state index in [2.05, 4.69) is 17.0 Å². The van der Waals surface area contributed by atoms with Crippen molar-refractivity contribution in [3.63, 3.8) is 0 Å². The third kappa shape index (κ3) is 7.32. The molecule has 0 bridgehead atoms. The summed E-state index contributed by atoms with van der Waals surface area (Å²) in [4.78, 5) is 37.9. The summed E-state index contributed by atoms with van der Waals surface area (Å²) in [5, 5.41) is 9.35. The zero-order valence-corrected chi connectivity index (χ0v) is 21.1. The Morgan fingerprint density at radius 1 is 0.919 bits per heavy atom. The fourth-order valence-corrected chi connectivity index (χ4v) is 5.10. The van der Waals surface area contributed by atoms with Crippen molar-refractivity contribution in [1.82, 2.24) is 4.90 Å². The van der Waals surface area contributed by atoms with E-state index in [1.54, 1.807) is 0 Å². The van der Waals surface area contributed by atoms with E-state index in [4.69, 9.17) is 15.2 Å². The van der Waals surface area contributed by atoms with E-state index in [1.165, 1.54) is 5.56 Å². The maximum atomic E-state index is 12.9. The lowest BCUT2D eigenvalue weighted by molar-refractivity contribution is -0.170. The van der Waals surface area contributed by atoms with E-state index in [0.29, 0.717) is 45.3 Å². The number of hydrogen-bond donors (Lipinski definition) is 2. The molecule has 4 rings (SSSR count). The highest BCUT2D eigenvalue weighted by Gasteiger charge is 2.43. The maximum Gasteiger partial charge on any atom is 0.310 e. The summed E-state index contributed by atoms with van der Waals surface area (Å²) in [6, 6.07) is 18.1. The molecule has 2 aromatic rings. The predicted molar refractivity (Wildman–Crippen MR) is 138 cm³/mol. The van der Waals surface area contributed by atoms with Crippen molar-refractivity contribution >= 4 is 17.8 Å². The Balaban J connectivity index is 1.39. The average molecular weight is 509 g/mol. The minimum atomic E-state index is -0.957. The van der Waals surface area contributed by atoms with Gasteiger partial charge < -0.3 is 20.3 Å². The third-order valence-corrected chi connectivity index (χ3v) is 7.55. The highest BCUT2D eigenvalue weighted by atomic mass is 16.6. The number of carbonyl (C=O) groups excluding carboxylic acids is 2. The molecule has 2 fully saturated rings. The predicted octanol–water partition coefficient (Wildman–Crippen LogP) is 3.07. The molecule has 0 spiro atoms. The first kappa shape index (κ1) is 26.7. The molecule has 2 aliphatic rings. The van der Waals surface area contributed by atoms with Crippen LogP contribution in [0.2, 0.25) is 0 Å². The molecule has 8 heteroatoms. The molecule has 3 N–H and O–H groups in total. The van der Waals surface area contributed by atoms with Crippen LogP contribution in [0.5, 0.6) is 5.75 Å². The summed E-state index contributed by atoms with van der Waals surface area (Å²) in [5.74, 6) is -2.38. The van der Waals surface area contributed by atoms with Gasteiger partial charge in [-0.2, -0.15) is 0 Å². The van der Waals surface area contributed by atoms with E-state index >= 15 is 0 Å². The molecule has 1 aliphatic carbocycles. The number of aliphatic carboxylic acids is 1. The summed E-state index contributed by atoms with van der Waals surface area (Å²) >= 11 is 0. The van der Waals surface area contributed by atoms with Crippen LogP contribution in [0.1, 0.15) is 36.8 Å². The van der Waals surface area contributed by atoms with E-state index < -0.39 is 29.9 Å². The molecule has 1 saturated heterocycles. The first-order valence-electron chi connectivity index (χ1n) is 13.1. The van der Waals surface area contributed by atoms with Gasteiger partial charge >= 0.3 is 11.9 Å². The van der Waals surface area contributed by atoms with Crippen LogP contribution in [0.4, 0.5) is 0 Å². The summed E-state index contributed by atoms with van der Waals surface area (Å²) in [5.41, 5.74) is 7.79. The number of amides is 1. The van der Waals surface area contributed by atoms with Crippen LogP contribution >= 0.6 is 0 Å². The van der Waals surface area contributed by atoms with Gasteiger partial charge in [0, 0.05) is 12.5 Å². The number of carboxylic acid groups (broad SMARTS) is 1. The second-order valence-electron chi connectivity index (χ2n) is 10.1. The van der Waals surface area contributed by atoms with Crippen molar-refractivity contribution in [2.75, 3.05) is 26.2 Å². The molecule has 0 aromatic heterocycles. The third-order valence-electron chi connectivity index (χ3n) is 7.55. The van der Waals surface area contributed by atoms with Gasteiger partial charge in [-0.25, -0.2) is 0 Å². The molecule has 198 valence electrons. The number of carbonyl (C=O) groups is 3. The van der Waals surface area contributed by atoms with Crippen molar-refractivity contribution in [3.8, 4) is 5.75 Å². The molecule has 2 aromatic carbocycles. The van der Waals surface area contributed by atoms with Gasteiger partial charge in [-0.1, -0.05) is 48.5 Å². The molecule has 1 amide bonds. The molecule has 37 heavy (non-hydrogen) atoms. The van der Waals surface area contributed by atoms with Crippen molar-refractivity contribution in [2.45, 2.75) is 44.6 Å². The van der Waals surface area contributed by atoms with Crippen LogP contribution in [0.25, 0.3) is 0 Å². The summed E-state index contributed by atoms with van der Waals surface area (Å²) in [6.07, 6.45) is 3.49. The molecular formula is C29H36N2O6. The van der Waals surface area contributed by atoms with Crippen molar-refractivity contribution in [2.24, 2.45) is 23.5 Å². The standard InChI is InChI=1S/C29H36N2O6/c30-27(32)22-14-16-31(17-15-22)18-23(37-29(35)25-13-12-24(25)28(33)34)19-36-26-9-5-4-8-21(26)11-10-20-6-2-1-3-7-20/h1-9,22-25H,10-19H2,(H2,30,32)(H,33,34). The van der Waals surface area contributed by atoms with E-state index in [0.717, 1.165) is 24.2 Å². The lowest BCUT2D eigenvalue weighted by atomic mass is 9.74. The van der Waals surface area contributed by atoms with Crippen LogP contribution in [0.15, 0.2) is 54.6 Å². The second-order valence-corrected chi connectivity index (χ2v) is 10.1. The van der Waals surface area contributed by atoms with Gasteiger partial charge in [0.15, 0.2) is 0 Å². The van der Waals surface area contributed by atoms with Crippen molar-refractivity contribution in [3.05, 3.63) is 65.7 Å². The number of ether oxygens (including phenoxy) is 2. The zero-order chi connectivity index (χ0) is 26.2. The largest absolute Gasteiger partial charge is 0.489 e. The van der Waals surface area contributed by atoms with E-state index in [-0.39, 0.29) is 18.4 Å². The fraction of sp³-hybridized carbons (Fsp3) is 0.483. The SMILES string of the molecule is NC(=O)C1CCN(CC(COc2ccccc2CCc2ccccc2)OC(=O)C2CCC2C(=O)O)CC1. The maximum absolute atomic E-state index is 12.9. The van der Waals surface area contributed by atoms with Gasteiger partial charge in [0.25, 0.3) is 0 Å². The Morgan fingerprint density at radius 2 is 1.59 bits per heavy atom. The van der Waals surface area contributed by atoms with Gasteiger partial charge in [-0.3, -0.25) is 19.3 Å². The Hall–Kier alpha value is -3.39. The van der Waals surface area contributed by atoms with Gasteiger partial charge in [0.2, 0.25) is 5.91 Å². The topological polar surface area (TPSA) is 119 Å². The number of aryl methyl sites for hydroxylation is 2. The molecule has 3 atom stereocenters. The first-order chi connectivity index (χ1) is 17.9. The number of benzene rings is 2. The molecule has 1 aliphatic heterocycles. The minimum absolute atomic E-state index is 0.128. The van der Waals surface area contributed by atoms with Crippen LogP contribution < -0.4 is 10.5 Å². The number of nitrogens with two attached hydrogens (primary N) is 1. The minimum Gasteiger partial charge on any atom is -0.489 e. The number of likely N-dealkylation sites (tertiary alicyclic amines) is 1. The normalized spacial score (nSPS) is 21.0. The molecule has 1 saturated carbocycles. The van der Waals surface area contributed by atoms with Crippen LogP contribution in [0, 0.1) is 17.8 Å². The van der Waals surface area contributed by atoms with Crippen LogP contribution in [-0.2, 0) is 32.0 Å². The van der Waals surface area contributed by atoms with E-state index in [9.17, 15) is 19.5 Å². The summed E-state index contributed by atoms with van der Waals surface area (Å²) < 4.78 is 12.0. The monoisotopic (exact) mass is 508 g/mol. The highest BCUT2D eigenvalue weighted by Crippen LogP contribution is 2.35. The van der Waals surface area contributed by atoms with Gasteiger partial charge in [0.1, 0.15) is 18.5 Å². The van der Waals surface area contributed by atoms with Crippen LogP contribution in [0.3, 0.4) is 0 Å². The number of carboxylic acids is 1. The van der Waals surface area contributed by atoms with Crippen molar-refractivity contribution in [1.29, 1.82) is 0 Å². The smallest absolute Gasteiger partial charge is 0.310 e. The highest BCUT2D eigenvalue weighted by molar-refractivity contribution is 5.83. The second kappa shape index (κ2) is 12.7. The lowest BCUT2D eigenvalue weighted by Crippen LogP contribution is -2.46. The summed E-state index contributed by atoms with van der Waals surface area (Å²) in [7, 11) is 0. The number of primary amides is 1. The number of para-hydroxylation sites is 1. The molecule has 8 nitrogen and oxygen atoms in total. The Kier molecular flexibility index (Phi) is 9.17. The molecule has 3 unspecified atom stereocenters. The molecule has 1 heterocycles. The summed E-state index contributed by atoms with van der Waals surface area (Å²) in [6.45, 7) is 1.97. The Bertz CT molecular complexity index is 1070. The number of nitrogens with zero attached hydrogens (tertiary/aromatic N) is 1. The number of rotatable bonds is 12. The number of esters is 1. The van der Waals surface area contributed by atoms with Crippen LogP contribution in [-0.4, -0.2) is 60.2 Å². The van der Waals surface area contributed by atoms with E-state index in [1.807, 2.05) is 42.5 Å². The van der Waals surface area contributed by atoms with Crippen molar-refractivity contribution < 1.29 is 29.0 Å². The number of hydrogen-bond acceptors (Lipinski definition) is 6. The molecular weight excluding hydrogens is 472 g/mol. The zero-order valence-electron chi connectivity index (χ0n) is 21.1. The average Bonchev–Trinajstić information content (AvgIpc) is 2.86. The number of piperidine rings is 1.